The predicted molar refractivity (Wildman–Crippen MR) is 110 cm³/mol. The number of hydrogen-bond donors (Lipinski definition) is 1. The van der Waals surface area contributed by atoms with E-state index < -0.39 is 0 Å². The van der Waals surface area contributed by atoms with Crippen LogP contribution < -0.4 is 5.73 Å². The van der Waals surface area contributed by atoms with E-state index in [4.69, 9.17) is 5.73 Å². The van der Waals surface area contributed by atoms with Gasteiger partial charge in [-0.2, -0.15) is 0 Å². The molecular formula is C23H19NOS. The topological polar surface area (TPSA) is 43.1 Å². The van der Waals surface area contributed by atoms with Crippen LogP contribution in [-0.4, -0.2) is 5.91 Å². The lowest BCUT2D eigenvalue weighted by molar-refractivity contribution is 0.100. The van der Waals surface area contributed by atoms with Crippen LogP contribution in [0.5, 0.6) is 0 Å². The summed E-state index contributed by atoms with van der Waals surface area (Å²) in [6, 6.07) is 26.6. The summed E-state index contributed by atoms with van der Waals surface area (Å²) >= 11 is 1.63. The van der Waals surface area contributed by atoms with Gasteiger partial charge in [-0.05, 0) is 22.8 Å². The molecular weight excluding hydrogens is 338 g/mol. The van der Waals surface area contributed by atoms with Gasteiger partial charge in [0.25, 0.3) is 5.91 Å². The third kappa shape index (κ3) is 2.80. The van der Waals surface area contributed by atoms with Gasteiger partial charge in [0.2, 0.25) is 0 Å². The first-order valence-electron chi connectivity index (χ1n) is 8.62. The third-order valence-electron chi connectivity index (χ3n) is 4.80. The predicted octanol–water partition coefficient (Wildman–Crippen LogP) is 5.82. The van der Waals surface area contributed by atoms with Crippen LogP contribution in [0.15, 0.2) is 78.9 Å². The van der Waals surface area contributed by atoms with Crippen molar-refractivity contribution in [2.45, 2.75) is 12.8 Å². The Balaban J connectivity index is 1.99. The van der Waals surface area contributed by atoms with Crippen molar-refractivity contribution in [1.82, 2.24) is 0 Å². The molecule has 26 heavy (non-hydrogen) atoms. The maximum atomic E-state index is 12.4. The molecule has 1 atom stereocenters. The first kappa shape index (κ1) is 16.6. The number of benzene rings is 3. The van der Waals surface area contributed by atoms with Gasteiger partial charge in [-0.3, -0.25) is 4.79 Å². The number of fused-ring (bicyclic) bond motifs is 1. The van der Waals surface area contributed by atoms with Crippen LogP contribution in [0.4, 0.5) is 0 Å². The summed E-state index contributed by atoms with van der Waals surface area (Å²) in [4.78, 5) is 13.4. The average Bonchev–Trinajstić information content (AvgIpc) is 3.09. The number of carbonyl (C=O) groups excluding carboxylic acids is 1. The minimum Gasteiger partial charge on any atom is -0.366 e. The SMILES string of the molecule is CC(c1ccccc1)c1cccc2sc(-c3ccccc3)c(C(N)=O)c12. The molecule has 0 saturated carbocycles. The smallest absolute Gasteiger partial charge is 0.250 e. The first-order chi connectivity index (χ1) is 12.7. The number of primary amides is 1. The highest BCUT2D eigenvalue weighted by molar-refractivity contribution is 7.22. The van der Waals surface area contributed by atoms with Gasteiger partial charge >= 0.3 is 0 Å². The number of amides is 1. The second kappa shape index (κ2) is 6.77. The molecule has 0 aliphatic heterocycles. The minimum atomic E-state index is -0.372. The normalized spacial score (nSPS) is 12.2. The van der Waals surface area contributed by atoms with Gasteiger partial charge in [-0.15, -0.1) is 11.3 Å². The van der Waals surface area contributed by atoms with E-state index in [1.54, 1.807) is 11.3 Å². The Morgan fingerprint density at radius 2 is 1.54 bits per heavy atom. The molecule has 3 heteroatoms. The number of hydrogen-bond acceptors (Lipinski definition) is 2. The molecule has 128 valence electrons. The van der Waals surface area contributed by atoms with Gasteiger partial charge in [-0.25, -0.2) is 0 Å². The van der Waals surface area contributed by atoms with Crippen LogP contribution in [-0.2, 0) is 0 Å². The summed E-state index contributed by atoms with van der Waals surface area (Å²) < 4.78 is 1.10. The summed E-state index contributed by atoms with van der Waals surface area (Å²) in [5, 5.41) is 0.986. The van der Waals surface area contributed by atoms with Gasteiger partial charge in [0.1, 0.15) is 0 Å². The quantitative estimate of drug-likeness (QED) is 0.491. The summed E-state index contributed by atoms with van der Waals surface area (Å²) in [5.74, 6) is -0.195. The Labute approximate surface area is 156 Å². The molecule has 1 aromatic heterocycles. The molecule has 0 fully saturated rings. The fraction of sp³-hybridized carbons (Fsp3) is 0.0870. The zero-order valence-corrected chi connectivity index (χ0v) is 15.3. The highest BCUT2D eigenvalue weighted by atomic mass is 32.1. The van der Waals surface area contributed by atoms with E-state index in [9.17, 15) is 4.79 Å². The summed E-state index contributed by atoms with van der Waals surface area (Å²) in [5.41, 5.74) is 9.86. The Kier molecular flexibility index (Phi) is 4.31. The number of carbonyl (C=O) groups is 1. The lowest BCUT2D eigenvalue weighted by Crippen LogP contribution is -2.12. The van der Waals surface area contributed by atoms with Crippen LogP contribution in [0, 0.1) is 0 Å². The maximum Gasteiger partial charge on any atom is 0.250 e. The van der Waals surface area contributed by atoms with Gasteiger partial charge in [0.05, 0.1) is 5.56 Å². The highest BCUT2D eigenvalue weighted by Crippen LogP contribution is 2.42. The lowest BCUT2D eigenvalue weighted by atomic mass is 9.89. The van der Waals surface area contributed by atoms with Crippen molar-refractivity contribution in [3.8, 4) is 10.4 Å². The molecule has 1 amide bonds. The van der Waals surface area contributed by atoms with E-state index >= 15 is 0 Å². The van der Waals surface area contributed by atoms with Crippen LogP contribution in [0.25, 0.3) is 20.5 Å². The van der Waals surface area contributed by atoms with E-state index in [1.807, 2.05) is 48.5 Å². The molecule has 3 aromatic carbocycles. The fourth-order valence-corrected chi connectivity index (χ4v) is 4.73. The molecule has 4 rings (SSSR count). The molecule has 0 bridgehead atoms. The zero-order chi connectivity index (χ0) is 18.1. The summed E-state index contributed by atoms with van der Waals surface area (Å²) in [7, 11) is 0. The standard InChI is InChI=1S/C23H19NOS/c1-15(16-9-4-2-5-10-16)18-13-8-14-19-20(18)21(23(24)25)22(26-19)17-11-6-3-7-12-17/h2-15H,1H3,(H2,24,25). The van der Waals surface area contributed by atoms with Crippen LogP contribution in [0.2, 0.25) is 0 Å². The lowest BCUT2D eigenvalue weighted by Gasteiger charge is -2.15. The first-order valence-corrected chi connectivity index (χ1v) is 9.44. The van der Waals surface area contributed by atoms with E-state index in [1.165, 1.54) is 5.56 Å². The minimum absolute atomic E-state index is 0.177. The van der Waals surface area contributed by atoms with Crippen LogP contribution >= 0.6 is 11.3 Å². The average molecular weight is 357 g/mol. The number of rotatable bonds is 4. The molecule has 0 aliphatic rings. The molecule has 2 N–H and O–H groups in total. The third-order valence-corrected chi connectivity index (χ3v) is 6.00. The number of nitrogens with two attached hydrogens (primary N) is 1. The van der Waals surface area contributed by atoms with E-state index in [-0.39, 0.29) is 11.8 Å². The van der Waals surface area contributed by atoms with Crippen molar-refractivity contribution in [2.24, 2.45) is 5.73 Å². The second-order valence-corrected chi connectivity index (χ2v) is 7.44. The van der Waals surface area contributed by atoms with E-state index in [2.05, 4.69) is 37.3 Å². The Bertz CT molecular complexity index is 1070. The molecule has 0 aliphatic carbocycles. The molecule has 2 nitrogen and oxygen atoms in total. The molecule has 4 aromatic rings. The largest absolute Gasteiger partial charge is 0.366 e. The van der Waals surface area contributed by atoms with Gasteiger partial charge in [0, 0.05) is 20.9 Å². The van der Waals surface area contributed by atoms with Gasteiger partial charge in [0.15, 0.2) is 0 Å². The highest BCUT2D eigenvalue weighted by Gasteiger charge is 2.22. The van der Waals surface area contributed by atoms with Crippen molar-refractivity contribution < 1.29 is 4.79 Å². The van der Waals surface area contributed by atoms with Crippen LogP contribution in [0.3, 0.4) is 0 Å². The van der Waals surface area contributed by atoms with Gasteiger partial charge in [-0.1, -0.05) is 79.7 Å². The molecule has 0 saturated heterocycles. The van der Waals surface area contributed by atoms with Crippen molar-refractivity contribution in [3.63, 3.8) is 0 Å². The number of thiophene rings is 1. The monoisotopic (exact) mass is 357 g/mol. The second-order valence-electron chi connectivity index (χ2n) is 6.39. The van der Waals surface area contributed by atoms with E-state index in [0.717, 1.165) is 26.1 Å². The Morgan fingerprint density at radius 3 is 2.19 bits per heavy atom. The van der Waals surface area contributed by atoms with Crippen molar-refractivity contribution in [3.05, 3.63) is 95.6 Å². The molecule has 1 heterocycles. The fourth-order valence-electron chi connectivity index (χ4n) is 3.49. The van der Waals surface area contributed by atoms with E-state index in [0.29, 0.717) is 5.56 Å². The molecule has 0 spiro atoms. The van der Waals surface area contributed by atoms with Gasteiger partial charge < -0.3 is 5.73 Å². The Morgan fingerprint density at radius 1 is 0.885 bits per heavy atom. The zero-order valence-electron chi connectivity index (χ0n) is 14.5. The Hall–Kier alpha value is -2.91. The summed E-state index contributed by atoms with van der Waals surface area (Å²) in [6.45, 7) is 2.18. The van der Waals surface area contributed by atoms with Crippen molar-refractivity contribution >= 4 is 27.3 Å². The van der Waals surface area contributed by atoms with Crippen molar-refractivity contribution in [1.29, 1.82) is 0 Å². The maximum absolute atomic E-state index is 12.4. The van der Waals surface area contributed by atoms with Crippen LogP contribution in [0.1, 0.15) is 34.3 Å². The van der Waals surface area contributed by atoms with Crippen molar-refractivity contribution in [2.75, 3.05) is 0 Å². The summed E-state index contributed by atoms with van der Waals surface area (Å²) in [6.07, 6.45) is 0. The molecule has 0 radical (unpaired) electrons. The molecule has 1 unspecified atom stereocenters.